The zero-order valence-electron chi connectivity index (χ0n) is 30.2. The molecule has 266 valence electrons. The van der Waals surface area contributed by atoms with Gasteiger partial charge in [-0.05, 0) is 83.1 Å². The second-order valence-electron chi connectivity index (χ2n) is 14.5. The predicted molar refractivity (Wildman–Crippen MR) is 217 cm³/mol. The van der Waals surface area contributed by atoms with Gasteiger partial charge in [0.1, 0.15) is 11.4 Å². The number of rotatable bonds is 5. The van der Waals surface area contributed by atoms with Crippen molar-refractivity contribution in [1.82, 2.24) is 14.5 Å². The predicted octanol–water partition coefficient (Wildman–Crippen LogP) is 12.4. The molecule has 11 rings (SSSR count). The van der Waals surface area contributed by atoms with Crippen LogP contribution in [0.15, 0.2) is 138 Å². The molecule has 5 nitrogen and oxygen atoms in total. The van der Waals surface area contributed by atoms with E-state index in [-0.39, 0.29) is 21.1 Å². The van der Waals surface area contributed by atoms with Gasteiger partial charge >= 0.3 is 21.1 Å². The van der Waals surface area contributed by atoms with E-state index in [0.717, 1.165) is 90.0 Å². The van der Waals surface area contributed by atoms with Crippen molar-refractivity contribution < 1.29 is 30.2 Å². The topological polar surface area (TPSA) is 53.1 Å². The maximum Gasteiger partial charge on any atom is 2.00 e. The first-order valence-corrected chi connectivity index (χ1v) is 18.5. The van der Waals surface area contributed by atoms with Crippen LogP contribution in [0.4, 0.5) is 0 Å². The average Bonchev–Trinajstić information content (AvgIpc) is 3.91. The molecule has 0 aliphatic heterocycles. The largest absolute Gasteiger partial charge is 2.00 e. The molecule has 4 aromatic heterocycles. The second-order valence-corrected chi connectivity index (χ2v) is 14.5. The van der Waals surface area contributed by atoms with E-state index in [1.54, 1.807) is 0 Å². The van der Waals surface area contributed by atoms with Crippen molar-refractivity contribution in [2.45, 2.75) is 32.6 Å². The van der Waals surface area contributed by atoms with E-state index in [4.69, 9.17) is 19.1 Å². The van der Waals surface area contributed by atoms with E-state index in [1.807, 2.05) is 24.5 Å². The Bertz CT molecular complexity index is 3130. The van der Waals surface area contributed by atoms with Gasteiger partial charge in [0, 0.05) is 46.1 Å². The van der Waals surface area contributed by atoms with E-state index < -0.39 is 0 Å². The third kappa shape index (κ3) is 5.40. The van der Waals surface area contributed by atoms with E-state index in [9.17, 15) is 0 Å². The number of ether oxygens (including phenoxy) is 1. The number of furan rings is 1. The molecule has 6 heteroatoms. The first-order chi connectivity index (χ1) is 26.6. The Morgan fingerprint density at radius 2 is 1.47 bits per heavy atom. The molecule has 10 aromatic rings. The molecule has 0 N–H and O–H groups in total. The normalized spacial score (nSPS) is 13.9. The molecule has 0 bridgehead atoms. The maximum atomic E-state index is 6.82. The minimum atomic E-state index is 0. The minimum Gasteiger partial charge on any atom is -0.503 e. The van der Waals surface area contributed by atoms with Gasteiger partial charge in [0.25, 0.3) is 0 Å². The quantitative estimate of drug-likeness (QED) is 0.162. The molecule has 0 saturated carbocycles. The van der Waals surface area contributed by atoms with Crippen LogP contribution in [0.2, 0.25) is 0 Å². The molecule has 0 fully saturated rings. The summed E-state index contributed by atoms with van der Waals surface area (Å²) in [6, 6.07) is 49.6. The van der Waals surface area contributed by atoms with Crippen LogP contribution in [0.25, 0.3) is 71.6 Å². The van der Waals surface area contributed by atoms with Crippen LogP contribution < -0.4 is 4.74 Å². The summed E-state index contributed by atoms with van der Waals surface area (Å²) in [7, 11) is 0. The third-order valence-electron chi connectivity index (χ3n) is 11.3. The van der Waals surface area contributed by atoms with Gasteiger partial charge < -0.3 is 18.7 Å². The molecule has 0 amide bonds. The Morgan fingerprint density at radius 3 is 2.35 bits per heavy atom. The van der Waals surface area contributed by atoms with Crippen molar-refractivity contribution in [3.63, 3.8) is 0 Å². The van der Waals surface area contributed by atoms with Crippen LogP contribution in [0.5, 0.6) is 11.5 Å². The SMILES string of the molecule is Cc1cnc(-n2c3[c-]c(Oc4[c-]c(-c5cc6c(cn5)CCC6c5ccccc5)c5oc6c7ccccc7ccc6c5c4)ccc3c3ccccc32)cc1C.[Pt+2]. The number of para-hydroxylation sites is 1. The number of pyridine rings is 2. The van der Waals surface area contributed by atoms with E-state index >= 15 is 0 Å². The van der Waals surface area contributed by atoms with Gasteiger partial charge in [0.05, 0.1) is 5.58 Å². The van der Waals surface area contributed by atoms with Gasteiger partial charge in [-0.15, -0.1) is 17.5 Å². The number of nitrogens with zero attached hydrogens (tertiary/aromatic N) is 3. The fraction of sp³-hybridized carbons (Fsp3) is 0.102. The van der Waals surface area contributed by atoms with Gasteiger partial charge in [-0.3, -0.25) is 0 Å². The van der Waals surface area contributed by atoms with E-state index in [0.29, 0.717) is 17.4 Å². The van der Waals surface area contributed by atoms with Crippen LogP contribution >= 0.6 is 0 Å². The standard InChI is InChI=1S/C49H33N3O2.Pt/c1-29-22-47(51-27-30(29)2)52-45-15-9-8-14-38(45)39-21-18-34(25-46(39)52)53-35-23-42-40-20-16-32-12-6-7-13-37(32)48(40)54-49(42)43(24-35)44-26-41-33(28-50-44)17-19-36(41)31-10-4-3-5-11-31;/h3-16,18,20-23,26-28,36H,17,19H2,1-2H3;/q-2;+2. The molecule has 1 aliphatic carbocycles. The van der Waals surface area contributed by atoms with Gasteiger partial charge in [-0.2, -0.15) is 6.07 Å². The molecule has 1 atom stereocenters. The fourth-order valence-electron chi connectivity index (χ4n) is 8.43. The van der Waals surface area contributed by atoms with E-state index in [2.05, 4.69) is 140 Å². The monoisotopic (exact) mass is 890 g/mol. The van der Waals surface area contributed by atoms with E-state index in [1.165, 1.54) is 22.3 Å². The van der Waals surface area contributed by atoms with Crippen molar-refractivity contribution in [2.75, 3.05) is 0 Å². The summed E-state index contributed by atoms with van der Waals surface area (Å²) in [6.45, 7) is 4.21. The van der Waals surface area contributed by atoms with Crippen LogP contribution in [-0.4, -0.2) is 14.5 Å². The zero-order valence-corrected chi connectivity index (χ0v) is 32.4. The number of benzene rings is 6. The molecule has 4 heterocycles. The number of aryl methyl sites for hydroxylation is 3. The summed E-state index contributed by atoms with van der Waals surface area (Å²) in [6.07, 6.45) is 6.05. The molecular weight excluding hydrogens is 858 g/mol. The summed E-state index contributed by atoms with van der Waals surface area (Å²) in [5, 5.41) is 6.39. The van der Waals surface area contributed by atoms with Crippen molar-refractivity contribution in [1.29, 1.82) is 0 Å². The molecule has 0 spiro atoms. The fourth-order valence-corrected chi connectivity index (χ4v) is 8.43. The summed E-state index contributed by atoms with van der Waals surface area (Å²) in [5.41, 5.74) is 11.4. The first-order valence-electron chi connectivity index (χ1n) is 18.5. The number of fused-ring (bicyclic) bond motifs is 9. The minimum absolute atomic E-state index is 0. The van der Waals surface area contributed by atoms with Crippen LogP contribution in [0.3, 0.4) is 0 Å². The zero-order chi connectivity index (χ0) is 35.9. The van der Waals surface area contributed by atoms with Gasteiger partial charge in [-0.25, -0.2) is 4.98 Å². The number of aromatic nitrogens is 3. The molecule has 1 unspecified atom stereocenters. The number of hydrogen-bond donors (Lipinski definition) is 0. The Hall–Kier alpha value is -6.03. The van der Waals surface area contributed by atoms with Gasteiger partial charge in [0.15, 0.2) is 0 Å². The number of hydrogen-bond acceptors (Lipinski definition) is 4. The summed E-state index contributed by atoms with van der Waals surface area (Å²) in [4.78, 5) is 9.89. The third-order valence-corrected chi connectivity index (χ3v) is 11.3. The summed E-state index contributed by atoms with van der Waals surface area (Å²) >= 11 is 0. The molecule has 0 saturated heterocycles. The molecule has 0 radical (unpaired) electrons. The summed E-state index contributed by atoms with van der Waals surface area (Å²) in [5.74, 6) is 2.32. The van der Waals surface area contributed by atoms with Gasteiger partial charge in [0.2, 0.25) is 0 Å². The molecule has 55 heavy (non-hydrogen) atoms. The Kier molecular flexibility index (Phi) is 7.97. The molecule has 1 aliphatic rings. The van der Waals surface area contributed by atoms with Crippen molar-refractivity contribution in [3.8, 4) is 28.6 Å². The van der Waals surface area contributed by atoms with Gasteiger partial charge in [-0.1, -0.05) is 120 Å². The molecular formula is C49H33N3O2Pt. The second kappa shape index (κ2) is 13.1. The van der Waals surface area contributed by atoms with Crippen molar-refractivity contribution in [2.24, 2.45) is 0 Å². The Labute approximate surface area is 332 Å². The van der Waals surface area contributed by atoms with Crippen molar-refractivity contribution in [3.05, 3.63) is 174 Å². The Balaban J connectivity index is 0.00000372. The summed E-state index contributed by atoms with van der Waals surface area (Å²) < 4.78 is 15.8. The molecule has 6 aromatic carbocycles. The average molecular weight is 891 g/mol. The van der Waals surface area contributed by atoms with Crippen LogP contribution in [0.1, 0.15) is 40.2 Å². The van der Waals surface area contributed by atoms with Crippen molar-refractivity contribution >= 4 is 54.5 Å². The van der Waals surface area contributed by atoms with Crippen LogP contribution in [0, 0.1) is 26.0 Å². The smallest absolute Gasteiger partial charge is 0.503 e. The Morgan fingerprint density at radius 1 is 0.673 bits per heavy atom. The van der Waals surface area contributed by atoms with Crippen LogP contribution in [-0.2, 0) is 27.5 Å². The first kappa shape index (κ1) is 33.5. The maximum absolute atomic E-state index is 6.82.